The van der Waals surface area contributed by atoms with Gasteiger partial charge in [0.05, 0.1) is 11.8 Å². The molecule has 0 aromatic rings. The normalized spacial score (nSPS) is 12.0. The molecule has 0 radical (unpaired) electrons. The quantitative estimate of drug-likeness (QED) is 0.484. The molecule has 0 fully saturated rings. The first-order valence-electron chi connectivity index (χ1n) is 3.64. The van der Waals surface area contributed by atoms with Crippen LogP contribution >= 0.6 is 23.2 Å². The number of rotatable bonds is 6. The monoisotopic (exact) mass is 200 g/mol. The molecule has 0 aromatic carbocycles. The van der Waals surface area contributed by atoms with E-state index in [1.165, 1.54) is 0 Å². The van der Waals surface area contributed by atoms with Gasteiger partial charge in [0, 0.05) is 13.2 Å². The van der Waals surface area contributed by atoms with E-state index < -0.39 is 5.79 Å². The Bertz CT molecular complexity index is 86.4. The lowest BCUT2D eigenvalue weighted by atomic mass is 10.4. The summed E-state index contributed by atoms with van der Waals surface area (Å²) < 4.78 is 10.6. The van der Waals surface area contributed by atoms with Gasteiger partial charge in [0.1, 0.15) is 0 Å². The molecule has 0 aromatic heterocycles. The van der Waals surface area contributed by atoms with E-state index in [1.54, 1.807) is 0 Å². The summed E-state index contributed by atoms with van der Waals surface area (Å²) in [6.07, 6.45) is 0. The number of alkyl halides is 2. The first kappa shape index (κ1) is 11.5. The summed E-state index contributed by atoms with van der Waals surface area (Å²) >= 11 is 11.3. The van der Waals surface area contributed by atoms with Crippen LogP contribution in [-0.4, -0.2) is 30.8 Å². The van der Waals surface area contributed by atoms with Crippen molar-refractivity contribution in [2.75, 3.05) is 25.0 Å². The van der Waals surface area contributed by atoms with E-state index in [2.05, 4.69) is 0 Å². The van der Waals surface area contributed by atoms with Crippen molar-refractivity contribution in [3.05, 3.63) is 0 Å². The second-order valence-electron chi connectivity index (χ2n) is 2.04. The third kappa shape index (κ3) is 3.61. The fourth-order valence-electron chi connectivity index (χ4n) is 0.758. The Morgan fingerprint density at radius 2 is 1.36 bits per heavy atom. The van der Waals surface area contributed by atoms with Crippen LogP contribution < -0.4 is 0 Å². The predicted molar refractivity (Wildman–Crippen MR) is 47.4 cm³/mol. The Morgan fingerprint density at radius 3 is 1.55 bits per heavy atom. The minimum absolute atomic E-state index is 0.262. The van der Waals surface area contributed by atoms with Crippen molar-refractivity contribution in [3.8, 4) is 0 Å². The third-order valence-corrected chi connectivity index (χ3v) is 2.04. The van der Waals surface area contributed by atoms with Crippen molar-refractivity contribution >= 4 is 23.2 Å². The van der Waals surface area contributed by atoms with Crippen molar-refractivity contribution in [2.24, 2.45) is 0 Å². The fourth-order valence-corrected chi connectivity index (χ4v) is 1.35. The van der Waals surface area contributed by atoms with E-state index in [0.717, 1.165) is 0 Å². The molecule has 0 aliphatic heterocycles. The third-order valence-electron chi connectivity index (χ3n) is 1.22. The highest BCUT2D eigenvalue weighted by molar-refractivity contribution is 6.21. The second kappa shape index (κ2) is 6.06. The number of halogens is 2. The lowest BCUT2D eigenvalue weighted by molar-refractivity contribution is -0.202. The highest BCUT2D eigenvalue weighted by Crippen LogP contribution is 2.17. The molecule has 0 spiro atoms. The van der Waals surface area contributed by atoms with Crippen LogP contribution in [-0.2, 0) is 9.47 Å². The second-order valence-corrected chi connectivity index (χ2v) is 2.58. The summed E-state index contributed by atoms with van der Waals surface area (Å²) in [5, 5.41) is 0. The van der Waals surface area contributed by atoms with Gasteiger partial charge in [-0.05, 0) is 13.8 Å². The number of hydrogen-bond acceptors (Lipinski definition) is 2. The van der Waals surface area contributed by atoms with Gasteiger partial charge in [-0.3, -0.25) is 0 Å². The molecular formula is C7H14Cl2O2. The maximum Gasteiger partial charge on any atom is 0.195 e. The number of ether oxygens (including phenoxy) is 2. The van der Waals surface area contributed by atoms with Crippen molar-refractivity contribution in [3.63, 3.8) is 0 Å². The Morgan fingerprint density at radius 1 is 1.00 bits per heavy atom. The SMILES string of the molecule is CCOC(CCl)(CCl)OCC. The molecule has 0 amide bonds. The van der Waals surface area contributed by atoms with Gasteiger partial charge in [-0.25, -0.2) is 0 Å². The van der Waals surface area contributed by atoms with Gasteiger partial charge in [0.15, 0.2) is 5.79 Å². The molecular weight excluding hydrogens is 187 g/mol. The smallest absolute Gasteiger partial charge is 0.195 e. The Labute approximate surface area is 77.8 Å². The lowest BCUT2D eigenvalue weighted by Crippen LogP contribution is -2.40. The van der Waals surface area contributed by atoms with E-state index in [0.29, 0.717) is 13.2 Å². The van der Waals surface area contributed by atoms with E-state index >= 15 is 0 Å². The van der Waals surface area contributed by atoms with Crippen LogP contribution in [0.4, 0.5) is 0 Å². The van der Waals surface area contributed by atoms with Gasteiger partial charge < -0.3 is 9.47 Å². The van der Waals surface area contributed by atoms with Gasteiger partial charge in [-0.2, -0.15) is 0 Å². The predicted octanol–water partition coefficient (Wildman–Crippen LogP) is 2.23. The highest BCUT2D eigenvalue weighted by Gasteiger charge is 2.28. The average Bonchev–Trinajstić information content (AvgIpc) is 2.04. The molecule has 0 rings (SSSR count). The van der Waals surface area contributed by atoms with Gasteiger partial charge in [0.25, 0.3) is 0 Å². The van der Waals surface area contributed by atoms with Gasteiger partial charge in [-0.1, -0.05) is 0 Å². The van der Waals surface area contributed by atoms with Crippen LogP contribution in [0.3, 0.4) is 0 Å². The van der Waals surface area contributed by atoms with Crippen molar-refractivity contribution < 1.29 is 9.47 Å². The maximum atomic E-state index is 5.65. The van der Waals surface area contributed by atoms with Crippen molar-refractivity contribution in [1.82, 2.24) is 0 Å². The lowest BCUT2D eigenvalue weighted by Gasteiger charge is -2.28. The van der Waals surface area contributed by atoms with Crippen molar-refractivity contribution in [2.45, 2.75) is 19.6 Å². The molecule has 0 saturated heterocycles. The molecule has 0 atom stereocenters. The van der Waals surface area contributed by atoms with Crippen LogP contribution in [0.5, 0.6) is 0 Å². The van der Waals surface area contributed by atoms with Gasteiger partial charge in [0.2, 0.25) is 0 Å². The fraction of sp³-hybridized carbons (Fsp3) is 1.00. The van der Waals surface area contributed by atoms with Crippen LogP contribution in [0.1, 0.15) is 13.8 Å². The Hall–Kier alpha value is 0.500. The molecule has 0 heterocycles. The van der Waals surface area contributed by atoms with E-state index in [4.69, 9.17) is 32.7 Å². The summed E-state index contributed by atoms with van der Waals surface area (Å²) in [6, 6.07) is 0. The summed E-state index contributed by atoms with van der Waals surface area (Å²) in [7, 11) is 0. The minimum Gasteiger partial charge on any atom is -0.348 e. The van der Waals surface area contributed by atoms with Crippen LogP contribution in [0.2, 0.25) is 0 Å². The topological polar surface area (TPSA) is 18.5 Å². The molecule has 0 aliphatic carbocycles. The number of hydrogen-bond donors (Lipinski definition) is 0. The molecule has 0 N–H and O–H groups in total. The first-order chi connectivity index (χ1) is 5.24. The molecule has 68 valence electrons. The molecule has 0 saturated carbocycles. The highest BCUT2D eigenvalue weighted by atomic mass is 35.5. The largest absolute Gasteiger partial charge is 0.348 e. The molecule has 2 nitrogen and oxygen atoms in total. The molecule has 0 unspecified atom stereocenters. The summed E-state index contributed by atoms with van der Waals surface area (Å²) in [5.41, 5.74) is 0. The standard InChI is InChI=1S/C7H14Cl2O2/c1-3-10-7(5-8,6-9)11-4-2/h3-6H2,1-2H3. The van der Waals surface area contributed by atoms with E-state index in [-0.39, 0.29) is 11.8 Å². The van der Waals surface area contributed by atoms with Crippen LogP contribution in [0.25, 0.3) is 0 Å². The molecule has 11 heavy (non-hydrogen) atoms. The van der Waals surface area contributed by atoms with Crippen molar-refractivity contribution in [1.29, 1.82) is 0 Å². The zero-order valence-electron chi connectivity index (χ0n) is 6.90. The molecule has 0 bridgehead atoms. The zero-order valence-corrected chi connectivity index (χ0v) is 8.41. The van der Waals surface area contributed by atoms with Crippen LogP contribution in [0, 0.1) is 0 Å². The van der Waals surface area contributed by atoms with Gasteiger partial charge >= 0.3 is 0 Å². The zero-order chi connectivity index (χ0) is 8.74. The maximum absolute atomic E-state index is 5.65. The Kier molecular flexibility index (Phi) is 6.34. The minimum atomic E-state index is -0.785. The van der Waals surface area contributed by atoms with E-state index in [9.17, 15) is 0 Å². The van der Waals surface area contributed by atoms with Crippen LogP contribution in [0.15, 0.2) is 0 Å². The van der Waals surface area contributed by atoms with Gasteiger partial charge in [-0.15, -0.1) is 23.2 Å². The average molecular weight is 201 g/mol. The van der Waals surface area contributed by atoms with E-state index in [1.807, 2.05) is 13.8 Å². The summed E-state index contributed by atoms with van der Waals surface area (Å²) in [6.45, 7) is 4.87. The summed E-state index contributed by atoms with van der Waals surface area (Å²) in [5.74, 6) is -0.261. The summed E-state index contributed by atoms with van der Waals surface area (Å²) in [4.78, 5) is 0. The molecule has 4 heteroatoms. The first-order valence-corrected chi connectivity index (χ1v) is 4.71. The molecule has 0 aliphatic rings. The Balaban J connectivity index is 3.96.